The van der Waals surface area contributed by atoms with Crippen molar-refractivity contribution < 1.29 is 24.1 Å². The molecule has 0 radical (unpaired) electrons. The van der Waals surface area contributed by atoms with E-state index in [0.29, 0.717) is 13.2 Å². The van der Waals surface area contributed by atoms with Crippen LogP contribution in [-0.2, 0) is 14.2 Å². The van der Waals surface area contributed by atoms with Crippen molar-refractivity contribution in [1.82, 2.24) is 10.2 Å². The zero-order chi connectivity index (χ0) is 17.8. The molecule has 1 amide bonds. The van der Waals surface area contributed by atoms with Gasteiger partial charge in [-0.05, 0) is 27.7 Å². The van der Waals surface area contributed by atoms with Gasteiger partial charge < -0.3 is 24.6 Å². The van der Waals surface area contributed by atoms with Crippen LogP contribution in [0.1, 0.15) is 40.5 Å². The summed E-state index contributed by atoms with van der Waals surface area (Å²) >= 11 is 0. The number of nitrogens with zero attached hydrogens (tertiary/aromatic N) is 1. The predicted molar refractivity (Wildman–Crippen MR) is 90.0 cm³/mol. The zero-order valence-electron chi connectivity index (χ0n) is 15.4. The fraction of sp³-hybridized carbons (Fsp3) is 0.941. The van der Waals surface area contributed by atoms with Crippen LogP contribution in [0.25, 0.3) is 0 Å². The van der Waals surface area contributed by atoms with E-state index in [-0.39, 0.29) is 12.1 Å². The Morgan fingerprint density at radius 1 is 1.25 bits per heavy atom. The topological polar surface area (TPSA) is 80.3 Å². The highest BCUT2D eigenvalue weighted by molar-refractivity contribution is 5.67. The molecule has 24 heavy (non-hydrogen) atoms. The smallest absolute Gasteiger partial charge is 0.407 e. The summed E-state index contributed by atoms with van der Waals surface area (Å²) in [4.78, 5) is 14.0. The van der Waals surface area contributed by atoms with Gasteiger partial charge in [0, 0.05) is 45.7 Å². The highest BCUT2D eigenvalue weighted by atomic mass is 16.6. The second kappa shape index (κ2) is 7.56. The van der Waals surface area contributed by atoms with Crippen LogP contribution in [-0.4, -0.2) is 78.9 Å². The SMILES string of the molecule is CC(O)(CNC(=O)OC(C)(C)C)CN1CCOC2(CCOCC2)C1. The summed E-state index contributed by atoms with van der Waals surface area (Å²) in [6.45, 7) is 11.5. The van der Waals surface area contributed by atoms with Crippen molar-refractivity contribution >= 4 is 6.09 Å². The number of amides is 1. The largest absolute Gasteiger partial charge is 0.444 e. The maximum absolute atomic E-state index is 11.7. The molecule has 2 aliphatic rings. The van der Waals surface area contributed by atoms with E-state index >= 15 is 0 Å². The quantitative estimate of drug-likeness (QED) is 0.796. The second-order valence-electron chi connectivity index (χ2n) is 8.21. The Balaban J connectivity index is 1.81. The molecule has 0 saturated carbocycles. The molecular weight excluding hydrogens is 312 g/mol. The van der Waals surface area contributed by atoms with E-state index in [0.717, 1.165) is 39.1 Å². The van der Waals surface area contributed by atoms with Crippen LogP contribution in [0.2, 0.25) is 0 Å². The van der Waals surface area contributed by atoms with Crippen LogP contribution >= 0.6 is 0 Å². The molecule has 0 aliphatic carbocycles. The molecule has 0 bridgehead atoms. The third-order valence-electron chi connectivity index (χ3n) is 4.31. The third kappa shape index (κ3) is 6.20. The van der Waals surface area contributed by atoms with Gasteiger partial charge in [0.05, 0.1) is 24.4 Å². The second-order valence-corrected chi connectivity index (χ2v) is 8.21. The normalized spacial score (nSPS) is 24.4. The fourth-order valence-electron chi connectivity index (χ4n) is 3.22. The summed E-state index contributed by atoms with van der Waals surface area (Å²) in [5, 5.41) is 13.3. The van der Waals surface area contributed by atoms with Crippen LogP contribution in [0.15, 0.2) is 0 Å². The molecule has 0 aromatic carbocycles. The lowest BCUT2D eigenvalue weighted by atomic mass is 9.91. The summed E-state index contributed by atoms with van der Waals surface area (Å²) in [6.07, 6.45) is 1.27. The van der Waals surface area contributed by atoms with Gasteiger partial charge in [-0.2, -0.15) is 0 Å². The van der Waals surface area contributed by atoms with Gasteiger partial charge in [0.2, 0.25) is 0 Å². The first-order valence-electron chi connectivity index (χ1n) is 8.73. The Labute approximate surface area is 144 Å². The molecule has 2 rings (SSSR count). The molecule has 2 aliphatic heterocycles. The van der Waals surface area contributed by atoms with Gasteiger partial charge >= 0.3 is 6.09 Å². The van der Waals surface area contributed by atoms with Crippen molar-refractivity contribution in [3.63, 3.8) is 0 Å². The van der Waals surface area contributed by atoms with Crippen molar-refractivity contribution in [2.24, 2.45) is 0 Å². The minimum absolute atomic E-state index is 0.148. The Morgan fingerprint density at radius 3 is 2.54 bits per heavy atom. The molecule has 1 unspecified atom stereocenters. The van der Waals surface area contributed by atoms with Gasteiger partial charge in [-0.15, -0.1) is 0 Å². The van der Waals surface area contributed by atoms with Gasteiger partial charge in [-0.1, -0.05) is 0 Å². The average Bonchev–Trinajstić information content (AvgIpc) is 2.44. The van der Waals surface area contributed by atoms with Crippen molar-refractivity contribution in [3.05, 3.63) is 0 Å². The number of rotatable bonds is 4. The molecule has 2 N–H and O–H groups in total. The lowest BCUT2D eigenvalue weighted by Gasteiger charge is -2.46. The van der Waals surface area contributed by atoms with Crippen molar-refractivity contribution in [2.75, 3.05) is 46.0 Å². The molecule has 0 aromatic heterocycles. The fourth-order valence-corrected chi connectivity index (χ4v) is 3.22. The number of ether oxygens (including phenoxy) is 3. The average molecular weight is 344 g/mol. The number of β-amino-alcohol motifs (C(OH)–C–C–N with tert-alkyl or cyclic N) is 1. The minimum atomic E-state index is -1.03. The number of nitrogens with one attached hydrogen (secondary N) is 1. The van der Waals surface area contributed by atoms with Crippen molar-refractivity contribution in [2.45, 2.75) is 57.3 Å². The van der Waals surface area contributed by atoms with Gasteiger partial charge in [-0.3, -0.25) is 4.90 Å². The first-order valence-corrected chi connectivity index (χ1v) is 8.73. The number of carbonyl (C=O) groups excluding carboxylic acids is 1. The van der Waals surface area contributed by atoms with Gasteiger partial charge in [0.25, 0.3) is 0 Å². The van der Waals surface area contributed by atoms with Crippen LogP contribution in [0.3, 0.4) is 0 Å². The standard InChI is InChI=1S/C17H32N2O5/c1-15(2,3)24-14(20)18-11-16(4,21)12-19-7-10-23-17(13-19)5-8-22-9-6-17/h21H,5-13H2,1-4H3,(H,18,20). The van der Waals surface area contributed by atoms with Crippen LogP contribution in [0, 0.1) is 0 Å². The van der Waals surface area contributed by atoms with E-state index in [4.69, 9.17) is 14.2 Å². The Morgan fingerprint density at radius 2 is 1.92 bits per heavy atom. The molecular formula is C17H32N2O5. The van der Waals surface area contributed by atoms with E-state index < -0.39 is 17.3 Å². The molecule has 140 valence electrons. The highest BCUT2D eigenvalue weighted by Gasteiger charge is 2.39. The lowest BCUT2D eigenvalue weighted by molar-refractivity contribution is -0.160. The zero-order valence-corrected chi connectivity index (χ0v) is 15.4. The van der Waals surface area contributed by atoms with Gasteiger partial charge in [-0.25, -0.2) is 4.79 Å². The third-order valence-corrected chi connectivity index (χ3v) is 4.31. The Kier molecular flexibility index (Phi) is 6.12. The Hall–Kier alpha value is -0.890. The maximum atomic E-state index is 11.7. The number of hydrogen-bond donors (Lipinski definition) is 2. The van der Waals surface area contributed by atoms with Crippen LogP contribution in [0.5, 0.6) is 0 Å². The monoisotopic (exact) mass is 344 g/mol. The molecule has 7 heteroatoms. The summed E-state index contributed by atoms with van der Waals surface area (Å²) in [5.74, 6) is 0. The minimum Gasteiger partial charge on any atom is -0.444 e. The molecule has 2 heterocycles. The number of hydrogen-bond acceptors (Lipinski definition) is 6. The summed E-state index contributed by atoms with van der Waals surface area (Å²) in [6, 6.07) is 0. The van der Waals surface area contributed by atoms with E-state index in [1.807, 2.05) is 20.8 Å². The van der Waals surface area contributed by atoms with Gasteiger partial charge in [0.1, 0.15) is 5.60 Å². The number of alkyl carbamates (subject to hydrolysis) is 1. The number of morpholine rings is 1. The number of aliphatic hydroxyl groups is 1. The molecule has 7 nitrogen and oxygen atoms in total. The molecule has 0 aromatic rings. The Bertz CT molecular complexity index is 422. The maximum Gasteiger partial charge on any atom is 0.407 e. The molecule has 2 fully saturated rings. The van der Waals surface area contributed by atoms with E-state index in [9.17, 15) is 9.90 Å². The highest BCUT2D eigenvalue weighted by Crippen LogP contribution is 2.29. The summed E-state index contributed by atoms with van der Waals surface area (Å²) in [5.41, 5.74) is -1.72. The van der Waals surface area contributed by atoms with Crippen molar-refractivity contribution in [1.29, 1.82) is 0 Å². The van der Waals surface area contributed by atoms with Crippen LogP contribution in [0.4, 0.5) is 4.79 Å². The van der Waals surface area contributed by atoms with Crippen molar-refractivity contribution in [3.8, 4) is 0 Å². The molecule has 1 atom stereocenters. The van der Waals surface area contributed by atoms with E-state index in [2.05, 4.69) is 10.2 Å². The predicted octanol–water partition coefficient (Wildman–Crippen LogP) is 1.14. The van der Waals surface area contributed by atoms with Crippen LogP contribution < -0.4 is 5.32 Å². The first kappa shape index (κ1) is 19.4. The lowest BCUT2D eigenvalue weighted by Crippen LogP contribution is -2.58. The number of carbonyl (C=O) groups is 1. The van der Waals surface area contributed by atoms with E-state index in [1.165, 1.54) is 0 Å². The molecule has 2 saturated heterocycles. The van der Waals surface area contributed by atoms with Gasteiger partial charge in [0.15, 0.2) is 0 Å². The first-order chi connectivity index (χ1) is 11.1. The molecule has 1 spiro atoms. The summed E-state index contributed by atoms with van der Waals surface area (Å²) in [7, 11) is 0. The summed E-state index contributed by atoms with van der Waals surface area (Å²) < 4.78 is 16.6. The van der Waals surface area contributed by atoms with E-state index in [1.54, 1.807) is 6.92 Å².